The van der Waals surface area contributed by atoms with Crippen LogP contribution in [-0.2, 0) is 14.3 Å². The number of nitrogens with zero attached hydrogens (tertiary/aromatic N) is 1. The summed E-state index contributed by atoms with van der Waals surface area (Å²) in [5.41, 5.74) is 0.537. The van der Waals surface area contributed by atoms with Crippen molar-refractivity contribution in [3.63, 3.8) is 0 Å². The van der Waals surface area contributed by atoms with Crippen molar-refractivity contribution in [1.82, 2.24) is 0 Å². The van der Waals surface area contributed by atoms with Gasteiger partial charge in [0.1, 0.15) is 12.6 Å². The van der Waals surface area contributed by atoms with E-state index in [0.717, 1.165) is 0 Å². The molecular weight excluding hydrogens is 182 g/mol. The van der Waals surface area contributed by atoms with Crippen LogP contribution < -0.4 is 0 Å². The van der Waals surface area contributed by atoms with Gasteiger partial charge in [0.2, 0.25) is 5.90 Å². The van der Waals surface area contributed by atoms with Crippen LogP contribution in [0.2, 0.25) is 0 Å². The van der Waals surface area contributed by atoms with E-state index in [2.05, 4.69) is 16.3 Å². The summed E-state index contributed by atoms with van der Waals surface area (Å²) in [6.07, 6.45) is 3.27. The van der Waals surface area contributed by atoms with Crippen LogP contribution in [0.15, 0.2) is 29.3 Å². The summed E-state index contributed by atoms with van der Waals surface area (Å²) >= 11 is 0. The standard InChI is InChI=1S/C10H13NO3/c1-4-9-11-8(6-14-9)5-7(2)10(12)13-3/h4-5,8H,1,6H2,2-3H3/b7-5+. The van der Waals surface area contributed by atoms with Crippen LogP contribution in [0.5, 0.6) is 0 Å². The number of hydrogen-bond donors (Lipinski definition) is 0. The van der Waals surface area contributed by atoms with Crippen LogP contribution in [0.4, 0.5) is 0 Å². The highest BCUT2D eigenvalue weighted by molar-refractivity contribution is 5.89. The molecule has 0 amide bonds. The van der Waals surface area contributed by atoms with Crippen LogP contribution in [-0.4, -0.2) is 31.6 Å². The molecule has 0 N–H and O–H groups in total. The van der Waals surface area contributed by atoms with Crippen LogP contribution in [0.25, 0.3) is 0 Å². The maximum Gasteiger partial charge on any atom is 0.333 e. The highest BCUT2D eigenvalue weighted by atomic mass is 16.5. The fraction of sp³-hybridized carbons (Fsp3) is 0.400. The molecule has 1 heterocycles. The topological polar surface area (TPSA) is 47.9 Å². The van der Waals surface area contributed by atoms with Gasteiger partial charge in [0.15, 0.2) is 0 Å². The number of carbonyl (C=O) groups is 1. The van der Waals surface area contributed by atoms with Gasteiger partial charge in [-0.15, -0.1) is 0 Å². The quantitative estimate of drug-likeness (QED) is 0.500. The minimum Gasteiger partial charge on any atom is -0.475 e. The molecule has 0 radical (unpaired) electrons. The van der Waals surface area contributed by atoms with Gasteiger partial charge in [0.05, 0.1) is 7.11 Å². The van der Waals surface area contributed by atoms with Crippen LogP contribution in [0.1, 0.15) is 6.92 Å². The first-order valence-electron chi connectivity index (χ1n) is 4.27. The largest absolute Gasteiger partial charge is 0.475 e. The van der Waals surface area contributed by atoms with Gasteiger partial charge in [-0.1, -0.05) is 6.58 Å². The summed E-state index contributed by atoms with van der Waals surface area (Å²) in [7, 11) is 1.35. The Morgan fingerprint density at radius 3 is 3.00 bits per heavy atom. The van der Waals surface area contributed by atoms with Gasteiger partial charge in [-0.25, -0.2) is 9.79 Å². The molecular formula is C10H13NO3. The molecule has 4 heteroatoms. The Morgan fingerprint density at radius 1 is 1.79 bits per heavy atom. The van der Waals surface area contributed by atoms with E-state index in [1.807, 2.05) is 0 Å². The van der Waals surface area contributed by atoms with E-state index in [1.54, 1.807) is 19.1 Å². The smallest absolute Gasteiger partial charge is 0.333 e. The first kappa shape index (κ1) is 10.5. The molecule has 0 aliphatic carbocycles. The van der Waals surface area contributed by atoms with Crippen molar-refractivity contribution in [2.24, 2.45) is 4.99 Å². The number of esters is 1. The normalized spacial score (nSPS) is 21.1. The van der Waals surface area contributed by atoms with Crippen molar-refractivity contribution in [2.75, 3.05) is 13.7 Å². The molecule has 0 aromatic rings. The maximum absolute atomic E-state index is 11.1. The number of rotatable bonds is 3. The van der Waals surface area contributed by atoms with Gasteiger partial charge in [-0.2, -0.15) is 0 Å². The molecule has 0 spiro atoms. The molecule has 1 aliphatic heterocycles. The second kappa shape index (κ2) is 4.60. The molecule has 14 heavy (non-hydrogen) atoms. The van der Waals surface area contributed by atoms with Crippen LogP contribution >= 0.6 is 0 Å². The Morgan fingerprint density at radius 2 is 2.50 bits per heavy atom. The van der Waals surface area contributed by atoms with E-state index in [0.29, 0.717) is 18.1 Å². The Kier molecular flexibility index (Phi) is 3.45. The third-order valence-electron chi connectivity index (χ3n) is 1.82. The summed E-state index contributed by atoms with van der Waals surface area (Å²) < 4.78 is 9.72. The number of hydrogen-bond acceptors (Lipinski definition) is 4. The lowest BCUT2D eigenvalue weighted by Gasteiger charge is -2.00. The maximum atomic E-state index is 11.1. The van der Waals surface area contributed by atoms with Gasteiger partial charge in [0, 0.05) is 5.57 Å². The Balaban J connectivity index is 2.65. The molecule has 0 aromatic heterocycles. The molecule has 0 bridgehead atoms. The van der Waals surface area contributed by atoms with Gasteiger partial charge < -0.3 is 9.47 Å². The molecule has 0 saturated heterocycles. The zero-order valence-electron chi connectivity index (χ0n) is 8.32. The van der Waals surface area contributed by atoms with E-state index in [4.69, 9.17) is 4.74 Å². The summed E-state index contributed by atoms with van der Waals surface area (Å²) in [5.74, 6) is 0.177. The number of methoxy groups -OCH3 is 1. The molecule has 1 unspecified atom stereocenters. The summed E-state index contributed by atoms with van der Waals surface area (Å²) in [4.78, 5) is 15.2. The molecule has 4 nitrogen and oxygen atoms in total. The summed E-state index contributed by atoms with van der Waals surface area (Å²) in [5, 5.41) is 0. The minimum atomic E-state index is -0.341. The van der Waals surface area contributed by atoms with E-state index in [-0.39, 0.29) is 12.0 Å². The van der Waals surface area contributed by atoms with Crippen LogP contribution in [0.3, 0.4) is 0 Å². The second-order valence-corrected chi connectivity index (χ2v) is 2.89. The predicted octanol–water partition coefficient (Wildman–Crippen LogP) is 1.09. The Bertz CT molecular complexity index is 304. The lowest BCUT2D eigenvalue weighted by molar-refractivity contribution is -0.136. The fourth-order valence-corrected chi connectivity index (χ4v) is 1.12. The third kappa shape index (κ3) is 2.45. The predicted molar refractivity (Wildman–Crippen MR) is 53.1 cm³/mol. The van der Waals surface area contributed by atoms with Crippen molar-refractivity contribution in [2.45, 2.75) is 13.0 Å². The third-order valence-corrected chi connectivity index (χ3v) is 1.82. The molecule has 1 rings (SSSR count). The second-order valence-electron chi connectivity index (χ2n) is 2.89. The monoisotopic (exact) mass is 195 g/mol. The summed E-state index contributed by atoms with van der Waals surface area (Å²) in [6.45, 7) is 5.68. The van der Waals surface area contributed by atoms with Crippen molar-refractivity contribution in [3.05, 3.63) is 24.3 Å². The zero-order valence-corrected chi connectivity index (χ0v) is 8.32. The average molecular weight is 195 g/mol. The first-order chi connectivity index (χ1) is 6.67. The van der Waals surface area contributed by atoms with E-state index >= 15 is 0 Å². The van der Waals surface area contributed by atoms with E-state index in [1.165, 1.54) is 7.11 Å². The first-order valence-corrected chi connectivity index (χ1v) is 4.27. The van der Waals surface area contributed by atoms with Gasteiger partial charge in [0.25, 0.3) is 0 Å². The highest BCUT2D eigenvalue weighted by Crippen LogP contribution is 2.09. The average Bonchev–Trinajstić information content (AvgIpc) is 2.64. The van der Waals surface area contributed by atoms with Gasteiger partial charge >= 0.3 is 5.97 Å². The highest BCUT2D eigenvalue weighted by Gasteiger charge is 2.16. The number of ether oxygens (including phenoxy) is 2. The molecule has 0 fully saturated rings. The van der Waals surface area contributed by atoms with Crippen molar-refractivity contribution >= 4 is 11.9 Å². The van der Waals surface area contributed by atoms with Gasteiger partial charge in [-0.05, 0) is 19.1 Å². The molecule has 0 saturated carbocycles. The zero-order chi connectivity index (χ0) is 10.6. The van der Waals surface area contributed by atoms with Gasteiger partial charge in [-0.3, -0.25) is 0 Å². The van der Waals surface area contributed by atoms with E-state index < -0.39 is 0 Å². The minimum absolute atomic E-state index is 0.109. The van der Waals surface area contributed by atoms with E-state index in [9.17, 15) is 4.79 Å². The Hall–Kier alpha value is -1.58. The molecule has 1 atom stereocenters. The fourth-order valence-electron chi connectivity index (χ4n) is 1.12. The number of carbonyl (C=O) groups excluding carboxylic acids is 1. The van der Waals surface area contributed by atoms with Crippen molar-refractivity contribution in [1.29, 1.82) is 0 Å². The number of aliphatic imine (C=N–C) groups is 1. The molecule has 0 aromatic carbocycles. The molecule has 1 aliphatic rings. The SMILES string of the molecule is C=CC1=NC(/C=C(\C)C(=O)OC)CO1. The van der Waals surface area contributed by atoms with Crippen molar-refractivity contribution < 1.29 is 14.3 Å². The molecule has 76 valence electrons. The lowest BCUT2D eigenvalue weighted by Crippen LogP contribution is -2.08. The van der Waals surface area contributed by atoms with Crippen molar-refractivity contribution in [3.8, 4) is 0 Å². The van der Waals surface area contributed by atoms with Crippen LogP contribution in [0, 0.1) is 0 Å². The summed E-state index contributed by atoms with van der Waals surface area (Å²) in [6, 6.07) is -0.109. The lowest BCUT2D eigenvalue weighted by atomic mass is 10.2. The Labute approximate surface area is 82.9 Å².